The van der Waals surface area contributed by atoms with Gasteiger partial charge in [0.25, 0.3) is 0 Å². The molecule has 0 saturated heterocycles. The molecule has 3 N–H and O–H groups in total. The highest BCUT2D eigenvalue weighted by molar-refractivity contribution is 5.85. The summed E-state index contributed by atoms with van der Waals surface area (Å²) in [5.74, 6) is 0.217. The van der Waals surface area contributed by atoms with Crippen molar-refractivity contribution in [3.05, 3.63) is 53.7 Å². The van der Waals surface area contributed by atoms with Crippen LogP contribution < -0.4 is 10.5 Å². The van der Waals surface area contributed by atoms with Crippen molar-refractivity contribution in [3.63, 3.8) is 0 Å². The SMILES string of the molecule is Cl.NC(CCO)c1ccc(Oc2cccc(C(F)(F)F)c2)nc1. The van der Waals surface area contributed by atoms with E-state index in [0.29, 0.717) is 12.0 Å². The normalized spacial score (nSPS) is 12.4. The number of aliphatic hydroxyl groups is 1. The minimum atomic E-state index is -4.42. The molecule has 2 aromatic rings. The maximum atomic E-state index is 12.6. The Hall–Kier alpha value is -1.83. The van der Waals surface area contributed by atoms with Crippen molar-refractivity contribution in [1.29, 1.82) is 0 Å². The maximum absolute atomic E-state index is 12.6. The molecule has 0 spiro atoms. The van der Waals surface area contributed by atoms with Gasteiger partial charge >= 0.3 is 6.18 Å². The average molecular weight is 349 g/mol. The number of hydrogen-bond acceptors (Lipinski definition) is 4. The van der Waals surface area contributed by atoms with Gasteiger partial charge in [0.05, 0.1) is 5.56 Å². The predicted molar refractivity (Wildman–Crippen MR) is 81.6 cm³/mol. The monoisotopic (exact) mass is 348 g/mol. The molecule has 1 aromatic carbocycles. The summed E-state index contributed by atoms with van der Waals surface area (Å²) in [6.07, 6.45) is -2.55. The number of aromatic nitrogens is 1. The van der Waals surface area contributed by atoms with Crippen LogP contribution in [0.25, 0.3) is 0 Å². The first-order valence-electron chi connectivity index (χ1n) is 6.57. The van der Waals surface area contributed by atoms with Gasteiger partial charge in [0.2, 0.25) is 5.88 Å². The van der Waals surface area contributed by atoms with E-state index in [-0.39, 0.29) is 36.7 Å². The summed E-state index contributed by atoms with van der Waals surface area (Å²) in [6.45, 7) is -0.0380. The largest absolute Gasteiger partial charge is 0.439 e. The third-order valence-corrected chi connectivity index (χ3v) is 3.01. The van der Waals surface area contributed by atoms with Gasteiger partial charge in [-0.2, -0.15) is 13.2 Å². The average Bonchev–Trinajstić information content (AvgIpc) is 2.48. The van der Waals surface area contributed by atoms with Gasteiger partial charge in [0, 0.05) is 24.9 Å². The zero-order chi connectivity index (χ0) is 16.2. The number of alkyl halides is 3. The van der Waals surface area contributed by atoms with Crippen LogP contribution in [-0.4, -0.2) is 16.7 Å². The van der Waals surface area contributed by atoms with E-state index in [1.165, 1.54) is 24.4 Å². The smallest absolute Gasteiger partial charge is 0.416 e. The summed E-state index contributed by atoms with van der Waals surface area (Å²) in [5.41, 5.74) is 5.74. The van der Waals surface area contributed by atoms with Crippen molar-refractivity contribution >= 4 is 12.4 Å². The molecule has 8 heteroatoms. The molecular weight excluding hydrogens is 333 g/mol. The highest BCUT2D eigenvalue weighted by atomic mass is 35.5. The first-order chi connectivity index (χ1) is 10.4. The summed E-state index contributed by atoms with van der Waals surface area (Å²) in [4.78, 5) is 4.00. The van der Waals surface area contributed by atoms with E-state index in [1.54, 1.807) is 6.07 Å². The molecule has 1 atom stereocenters. The first kappa shape index (κ1) is 19.2. The molecular formula is C15H16ClF3N2O2. The lowest BCUT2D eigenvalue weighted by molar-refractivity contribution is -0.137. The second-order valence-corrected chi connectivity index (χ2v) is 4.68. The molecule has 0 fully saturated rings. The first-order valence-corrected chi connectivity index (χ1v) is 6.57. The Bertz CT molecular complexity index is 621. The van der Waals surface area contributed by atoms with E-state index < -0.39 is 11.7 Å². The predicted octanol–water partition coefficient (Wildman–Crippen LogP) is 3.70. The summed E-state index contributed by atoms with van der Waals surface area (Å²) in [5, 5.41) is 8.82. The number of benzene rings is 1. The van der Waals surface area contributed by atoms with Gasteiger partial charge in [0.15, 0.2) is 0 Å². The van der Waals surface area contributed by atoms with Gasteiger partial charge in [-0.3, -0.25) is 0 Å². The quantitative estimate of drug-likeness (QED) is 0.864. The van der Waals surface area contributed by atoms with Crippen LogP contribution in [0.1, 0.15) is 23.6 Å². The molecule has 0 aliphatic rings. The van der Waals surface area contributed by atoms with E-state index in [4.69, 9.17) is 15.6 Å². The number of hydrogen-bond donors (Lipinski definition) is 2. The molecule has 1 heterocycles. The molecule has 0 amide bonds. The fraction of sp³-hybridized carbons (Fsp3) is 0.267. The minimum absolute atomic E-state index is 0. The van der Waals surface area contributed by atoms with Crippen LogP contribution in [0.4, 0.5) is 13.2 Å². The van der Waals surface area contributed by atoms with E-state index in [2.05, 4.69) is 4.98 Å². The van der Waals surface area contributed by atoms with Crippen molar-refractivity contribution < 1.29 is 23.0 Å². The molecule has 0 aliphatic carbocycles. The van der Waals surface area contributed by atoms with Crippen molar-refractivity contribution in [2.24, 2.45) is 5.73 Å². The number of halogens is 4. The van der Waals surface area contributed by atoms with Gasteiger partial charge in [-0.15, -0.1) is 12.4 Å². The molecule has 2 rings (SSSR count). The number of aliphatic hydroxyl groups excluding tert-OH is 1. The number of nitrogens with two attached hydrogens (primary N) is 1. The lowest BCUT2D eigenvalue weighted by atomic mass is 10.1. The van der Waals surface area contributed by atoms with Gasteiger partial charge in [-0.1, -0.05) is 12.1 Å². The van der Waals surface area contributed by atoms with E-state index in [0.717, 1.165) is 12.1 Å². The second kappa shape index (κ2) is 8.14. The van der Waals surface area contributed by atoms with E-state index >= 15 is 0 Å². The van der Waals surface area contributed by atoms with Crippen molar-refractivity contribution in [2.45, 2.75) is 18.6 Å². The van der Waals surface area contributed by atoms with Gasteiger partial charge in [-0.25, -0.2) is 4.98 Å². The molecule has 1 aromatic heterocycles. The Kier molecular flexibility index (Phi) is 6.80. The Morgan fingerprint density at radius 3 is 2.52 bits per heavy atom. The highest BCUT2D eigenvalue weighted by Crippen LogP contribution is 2.32. The number of ether oxygens (including phenoxy) is 1. The van der Waals surface area contributed by atoms with Crippen molar-refractivity contribution in [2.75, 3.05) is 6.61 Å². The molecule has 4 nitrogen and oxygen atoms in total. The Morgan fingerprint density at radius 1 is 1.22 bits per heavy atom. The summed E-state index contributed by atoms with van der Waals surface area (Å²) in [7, 11) is 0. The minimum Gasteiger partial charge on any atom is -0.439 e. The Labute approximate surface area is 137 Å². The number of nitrogens with zero attached hydrogens (tertiary/aromatic N) is 1. The Balaban J connectivity index is 0.00000264. The maximum Gasteiger partial charge on any atom is 0.416 e. The topological polar surface area (TPSA) is 68.4 Å². The van der Waals surface area contributed by atoms with Crippen LogP contribution >= 0.6 is 12.4 Å². The number of pyridine rings is 1. The van der Waals surface area contributed by atoms with Crippen LogP contribution in [0.15, 0.2) is 42.6 Å². The van der Waals surface area contributed by atoms with Crippen LogP contribution in [-0.2, 0) is 6.18 Å². The summed E-state index contributed by atoms with van der Waals surface area (Å²) < 4.78 is 43.2. The lowest BCUT2D eigenvalue weighted by Gasteiger charge is -2.11. The van der Waals surface area contributed by atoms with Gasteiger partial charge in [-0.05, 0) is 30.2 Å². The van der Waals surface area contributed by atoms with Gasteiger partial charge in [0.1, 0.15) is 5.75 Å². The van der Waals surface area contributed by atoms with Crippen molar-refractivity contribution in [1.82, 2.24) is 4.98 Å². The van der Waals surface area contributed by atoms with Crippen LogP contribution in [0.3, 0.4) is 0 Å². The molecule has 0 bridgehead atoms. The molecule has 23 heavy (non-hydrogen) atoms. The van der Waals surface area contributed by atoms with E-state index in [9.17, 15) is 13.2 Å². The number of rotatable bonds is 5. The van der Waals surface area contributed by atoms with Crippen LogP contribution in [0.2, 0.25) is 0 Å². The van der Waals surface area contributed by atoms with E-state index in [1.807, 2.05) is 0 Å². The summed E-state index contributed by atoms with van der Waals surface area (Å²) >= 11 is 0. The third kappa shape index (κ3) is 5.38. The summed E-state index contributed by atoms with van der Waals surface area (Å²) in [6, 6.07) is 7.40. The lowest BCUT2D eigenvalue weighted by Crippen LogP contribution is -2.12. The fourth-order valence-corrected chi connectivity index (χ4v) is 1.83. The fourth-order valence-electron chi connectivity index (χ4n) is 1.83. The molecule has 0 saturated carbocycles. The molecule has 0 aliphatic heterocycles. The second-order valence-electron chi connectivity index (χ2n) is 4.68. The van der Waals surface area contributed by atoms with Crippen LogP contribution in [0, 0.1) is 0 Å². The van der Waals surface area contributed by atoms with Crippen molar-refractivity contribution in [3.8, 4) is 11.6 Å². The highest BCUT2D eigenvalue weighted by Gasteiger charge is 2.30. The standard InChI is InChI=1S/C15H15F3N2O2.ClH/c16-15(17,18)11-2-1-3-12(8-11)22-14-5-4-10(9-20-14)13(19)6-7-21;/h1-5,8-9,13,21H,6-7,19H2;1H. The zero-order valence-corrected chi connectivity index (χ0v) is 12.8. The molecule has 0 radical (unpaired) electrons. The Morgan fingerprint density at radius 2 is 1.96 bits per heavy atom. The molecule has 126 valence electrons. The zero-order valence-electron chi connectivity index (χ0n) is 12.0. The third-order valence-electron chi connectivity index (χ3n) is 3.01. The molecule has 1 unspecified atom stereocenters. The van der Waals surface area contributed by atoms with Gasteiger partial charge < -0.3 is 15.6 Å². The van der Waals surface area contributed by atoms with Crippen LogP contribution in [0.5, 0.6) is 11.6 Å².